The number of fused-ring (bicyclic) bond motifs is 1. The third kappa shape index (κ3) is 2.55. The van der Waals surface area contributed by atoms with Crippen LogP contribution in [0.1, 0.15) is 19.4 Å². The molecule has 0 aliphatic rings. The first kappa shape index (κ1) is 14.9. The fourth-order valence-electron chi connectivity index (χ4n) is 2.39. The van der Waals surface area contributed by atoms with Crippen molar-refractivity contribution < 1.29 is 5.11 Å². The van der Waals surface area contributed by atoms with Gasteiger partial charge in [0, 0.05) is 25.7 Å². The van der Waals surface area contributed by atoms with Gasteiger partial charge in [0.05, 0.1) is 11.1 Å². The summed E-state index contributed by atoms with van der Waals surface area (Å²) in [6.45, 7) is 3.52. The summed E-state index contributed by atoms with van der Waals surface area (Å²) in [5, 5.41) is 23.5. The molecule has 0 saturated carbocycles. The first-order valence-electron chi connectivity index (χ1n) is 6.91. The van der Waals surface area contributed by atoms with Crippen LogP contribution in [0.15, 0.2) is 24.4 Å². The largest absolute Gasteiger partial charge is 0.386 e. The highest BCUT2D eigenvalue weighted by molar-refractivity contribution is 6.33. The zero-order chi connectivity index (χ0) is 16.1. The molecule has 0 bridgehead atoms. The molecule has 1 aromatic carbocycles. The van der Waals surface area contributed by atoms with E-state index >= 15 is 0 Å². The third-order valence-corrected chi connectivity index (χ3v) is 3.86. The lowest BCUT2D eigenvalue weighted by Crippen LogP contribution is -2.15. The van der Waals surface area contributed by atoms with Gasteiger partial charge in [0.2, 0.25) is 0 Å². The number of aliphatic hydroxyl groups is 1. The fourth-order valence-corrected chi connectivity index (χ4v) is 2.61. The van der Waals surface area contributed by atoms with E-state index in [1.165, 1.54) is 0 Å². The molecule has 0 spiro atoms. The minimum absolute atomic E-state index is 0.536. The van der Waals surface area contributed by atoms with E-state index in [1.807, 2.05) is 32.3 Å². The van der Waals surface area contributed by atoms with Gasteiger partial charge < -0.3 is 10.4 Å². The van der Waals surface area contributed by atoms with E-state index in [4.69, 9.17) is 11.6 Å². The topological polar surface area (TPSA) is 67.9 Å². The summed E-state index contributed by atoms with van der Waals surface area (Å²) in [5.74, 6) is 1.25. The summed E-state index contributed by atoms with van der Waals surface area (Å²) in [6, 6.07) is 5.78. The SMILES string of the molecule is Cn1cc(Cl)c(Nc2nn(C)c3cc(C(C)(C)O)ccc23)n1. The number of rotatable bonds is 3. The highest BCUT2D eigenvalue weighted by Crippen LogP contribution is 2.31. The lowest BCUT2D eigenvalue weighted by atomic mass is 9.97. The van der Waals surface area contributed by atoms with E-state index in [1.54, 1.807) is 29.4 Å². The van der Waals surface area contributed by atoms with Gasteiger partial charge in [0.15, 0.2) is 11.6 Å². The van der Waals surface area contributed by atoms with Crippen LogP contribution in [0.4, 0.5) is 11.6 Å². The van der Waals surface area contributed by atoms with Gasteiger partial charge >= 0.3 is 0 Å². The van der Waals surface area contributed by atoms with Crippen LogP contribution in [0, 0.1) is 0 Å². The standard InChI is InChI=1S/C15H18ClN5O/c1-15(2,22)9-5-6-10-12(7-9)21(4)19-13(10)17-14-11(16)8-20(3)18-14/h5-8,22H,1-4H3,(H,17,18,19). The normalized spacial score (nSPS) is 12.1. The van der Waals surface area contributed by atoms with Gasteiger partial charge in [0.1, 0.15) is 5.02 Å². The Hall–Kier alpha value is -2.05. The minimum Gasteiger partial charge on any atom is -0.386 e. The van der Waals surface area contributed by atoms with E-state index in [0.29, 0.717) is 16.7 Å². The van der Waals surface area contributed by atoms with Gasteiger partial charge in [-0.15, -0.1) is 0 Å². The van der Waals surface area contributed by atoms with Crippen LogP contribution < -0.4 is 5.32 Å². The lowest BCUT2D eigenvalue weighted by molar-refractivity contribution is 0.0787. The maximum Gasteiger partial charge on any atom is 0.172 e. The Morgan fingerprint density at radius 2 is 1.91 bits per heavy atom. The average molecular weight is 320 g/mol. The second-order valence-corrected chi connectivity index (χ2v) is 6.29. The van der Waals surface area contributed by atoms with Crippen molar-refractivity contribution in [2.75, 3.05) is 5.32 Å². The van der Waals surface area contributed by atoms with Gasteiger partial charge in [-0.2, -0.15) is 10.2 Å². The molecule has 3 aromatic rings. The molecule has 0 amide bonds. The van der Waals surface area contributed by atoms with E-state index in [2.05, 4.69) is 15.5 Å². The Bertz CT molecular complexity index is 844. The van der Waals surface area contributed by atoms with Crippen LogP contribution in [0.2, 0.25) is 5.02 Å². The van der Waals surface area contributed by atoms with Crippen molar-refractivity contribution in [1.29, 1.82) is 0 Å². The molecule has 0 aliphatic heterocycles. The smallest absolute Gasteiger partial charge is 0.172 e. The molecule has 6 nitrogen and oxygen atoms in total. The number of aryl methyl sites for hydroxylation is 2. The Labute approximate surface area is 133 Å². The molecule has 0 radical (unpaired) electrons. The van der Waals surface area contributed by atoms with Gasteiger partial charge in [-0.1, -0.05) is 17.7 Å². The summed E-state index contributed by atoms with van der Waals surface area (Å²) < 4.78 is 3.41. The number of nitrogens with one attached hydrogen (secondary N) is 1. The second kappa shape index (κ2) is 5.00. The minimum atomic E-state index is -0.893. The number of nitrogens with zero attached hydrogens (tertiary/aromatic N) is 4. The maximum atomic E-state index is 10.1. The molecule has 0 atom stereocenters. The van der Waals surface area contributed by atoms with Crippen LogP contribution in [0.25, 0.3) is 10.9 Å². The lowest BCUT2D eigenvalue weighted by Gasteiger charge is -2.17. The predicted octanol–water partition coefficient (Wildman–Crippen LogP) is 2.93. The van der Waals surface area contributed by atoms with Crippen molar-refractivity contribution in [3.8, 4) is 0 Å². The molecule has 0 fully saturated rings. The van der Waals surface area contributed by atoms with Crippen LogP contribution in [-0.2, 0) is 19.7 Å². The van der Waals surface area contributed by atoms with E-state index in [0.717, 1.165) is 16.5 Å². The number of aromatic nitrogens is 4. The van der Waals surface area contributed by atoms with Gasteiger partial charge in [0.25, 0.3) is 0 Å². The Morgan fingerprint density at radius 1 is 1.18 bits per heavy atom. The summed E-state index contributed by atoms with van der Waals surface area (Å²) in [6.07, 6.45) is 1.72. The van der Waals surface area contributed by atoms with Crippen molar-refractivity contribution >= 4 is 34.1 Å². The van der Waals surface area contributed by atoms with Crippen molar-refractivity contribution in [2.24, 2.45) is 14.1 Å². The molecule has 0 unspecified atom stereocenters. The molecule has 22 heavy (non-hydrogen) atoms. The molecule has 2 N–H and O–H groups in total. The molecule has 3 rings (SSSR count). The average Bonchev–Trinajstić information content (AvgIpc) is 2.90. The molecule has 0 aliphatic carbocycles. The monoisotopic (exact) mass is 319 g/mol. The predicted molar refractivity (Wildman–Crippen MR) is 87.5 cm³/mol. The van der Waals surface area contributed by atoms with E-state index < -0.39 is 5.60 Å². The molecule has 2 aromatic heterocycles. The Morgan fingerprint density at radius 3 is 2.50 bits per heavy atom. The first-order chi connectivity index (χ1) is 10.3. The van der Waals surface area contributed by atoms with Gasteiger partial charge in [-0.3, -0.25) is 9.36 Å². The molecular formula is C15H18ClN5O. The molecule has 7 heteroatoms. The quantitative estimate of drug-likeness (QED) is 0.779. The molecule has 0 saturated heterocycles. The van der Waals surface area contributed by atoms with Crippen LogP contribution in [-0.4, -0.2) is 24.7 Å². The fraction of sp³-hybridized carbons (Fsp3) is 0.333. The number of hydrogen-bond acceptors (Lipinski definition) is 4. The second-order valence-electron chi connectivity index (χ2n) is 5.89. The zero-order valence-corrected chi connectivity index (χ0v) is 13.7. The Balaban J connectivity index is 2.06. The summed E-state index contributed by atoms with van der Waals surface area (Å²) in [5.41, 5.74) is 0.871. The number of benzene rings is 1. The number of halogens is 1. The Kier molecular flexibility index (Phi) is 3.38. The highest BCUT2D eigenvalue weighted by Gasteiger charge is 2.19. The van der Waals surface area contributed by atoms with E-state index in [-0.39, 0.29) is 0 Å². The van der Waals surface area contributed by atoms with Crippen molar-refractivity contribution in [3.05, 3.63) is 35.0 Å². The molecule has 116 valence electrons. The van der Waals surface area contributed by atoms with Crippen LogP contribution >= 0.6 is 11.6 Å². The van der Waals surface area contributed by atoms with E-state index in [9.17, 15) is 5.11 Å². The highest BCUT2D eigenvalue weighted by atomic mass is 35.5. The summed E-state index contributed by atoms with van der Waals surface area (Å²) in [7, 11) is 3.67. The molecular weight excluding hydrogens is 302 g/mol. The summed E-state index contributed by atoms with van der Waals surface area (Å²) >= 11 is 6.12. The van der Waals surface area contributed by atoms with Crippen LogP contribution in [0.5, 0.6) is 0 Å². The maximum absolute atomic E-state index is 10.1. The number of anilines is 2. The summed E-state index contributed by atoms with van der Waals surface area (Å²) in [4.78, 5) is 0. The van der Waals surface area contributed by atoms with Crippen molar-refractivity contribution in [2.45, 2.75) is 19.4 Å². The van der Waals surface area contributed by atoms with Crippen molar-refractivity contribution in [3.63, 3.8) is 0 Å². The zero-order valence-electron chi connectivity index (χ0n) is 12.9. The van der Waals surface area contributed by atoms with Gasteiger partial charge in [-0.25, -0.2) is 0 Å². The third-order valence-electron chi connectivity index (χ3n) is 3.58. The first-order valence-corrected chi connectivity index (χ1v) is 7.29. The van der Waals surface area contributed by atoms with Gasteiger partial charge in [-0.05, 0) is 31.5 Å². The van der Waals surface area contributed by atoms with Crippen molar-refractivity contribution in [1.82, 2.24) is 19.6 Å². The molecule has 2 heterocycles. The van der Waals surface area contributed by atoms with Crippen LogP contribution in [0.3, 0.4) is 0 Å². The number of hydrogen-bond donors (Lipinski definition) is 2.